The van der Waals surface area contributed by atoms with E-state index in [2.05, 4.69) is 0 Å². The van der Waals surface area contributed by atoms with E-state index in [0.717, 1.165) is 12.1 Å². The van der Waals surface area contributed by atoms with Crippen LogP contribution in [-0.2, 0) is 3.74 Å². The van der Waals surface area contributed by atoms with Gasteiger partial charge in [-0.1, -0.05) is 0 Å². The van der Waals surface area contributed by atoms with Gasteiger partial charge in [0.15, 0.2) is 0 Å². The van der Waals surface area contributed by atoms with Gasteiger partial charge in [-0.2, -0.15) is 0 Å². The maximum atomic E-state index is 10.5. The Kier molecular flexibility index (Phi) is 2.66. The summed E-state index contributed by atoms with van der Waals surface area (Å²) in [6.07, 6.45) is 0. The monoisotopic (exact) mass is 261 g/mol. The van der Waals surface area contributed by atoms with Gasteiger partial charge in [-0.25, -0.2) is 0 Å². The Morgan fingerprint density at radius 3 is 2.36 bits per heavy atom. The summed E-state index contributed by atoms with van der Waals surface area (Å²) in [5.74, 6) is -0.678. The topological polar surface area (TPSA) is 127 Å². The number of phenolic OH excluding ortho intramolecular Hbond substituents is 1. The van der Waals surface area contributed by atoms with Gasteiger partial charge in [-0.3, -0.25) is 0 Å². The molecule has 0 spiro atoms. The Bertz CT molecular complexity index is 424. The van der Waals surface area contributed by atoms with Crippen LogP contribution in [0.3, 0.4) is 0 Å². The number of nitrogens with zero attached hydrogens (tertiary/aromatic N) is 1. The minimum absolute atomic E-state index is 0.551. The van der Waals surface area contributed by atoms with Crippen LogP contribution in [-0.4, -0.2) is 24.2 Å². The summed E-state index contributed by atoms with van der Waals surface area (Å²) in [6.45, 7) is 0. The normalized spacial score (nSPS) is 11.3. The molecule has 0 unspecified atom stereocenters. The number of hydrogen-bond donors (Lipinski definition) is 1. The first-order valence-corrected chi connectivity index (χ1v) is 6.56. The van der Waals surface area contributed by atoms with E-state index in [-0.39, 0.29) is 0 Å². The third-order valence-electron chi connectivity index (χ3n) is 1.47. The molecule has 0 radical (unpaired) electrons. The van der Waals surface area contributed by atoms with E-state index in [4.69, 9.17) is 5.11 Å². The Morgan fingerprint density at radius 1 is 1.36 bits per heavy atom. The van der Waals surface area contributed by atoms with Crippen LogP contribution in [0.5, 0.6) is 5.75 Å². The van der Waals surface area contributed by atoms with E-state index in [1.807, 2.05) is 0 Å². The van der Waals surface area contributed by atoms with Crippen LogP contribution >= 0.6 is 0 Å². The van der Waals surface area contributed by atoms with E-state index >= 15 is 0 Å². The first kappa shape index (κ1) is 10.8. The molecule has 1 rings (SSSR count). The molecule has 14 heavy (non-hydrogen) atoms. The molecule has 1 aromatic rings. The molecule has 0 saturated carbocycles. The van der Waals surface area contributed by atoms with Crippen LogP contribution in [0.4, 0.5) is 5.69 Å². The molecule has 0 bridgehead atoms. The summed E-state index contributed by atoms with van der Waals surface area (Å²) in [4.78, 5) is 9.29. The molecule has 0 aliphatic carbocycles. The molecule has 76 valence electrons. The second-order valence-corrected chi connectivity index (χ2v) is 5.60. The van der Waals surface area contributed by atoms with Crippen LogP contribution in [0.2, 0.25) is 0 Å². The van der Waals surface area contributed by atoms with Crippen molar-refractivity contribution < 1.29 is 22.0 Å². The van der Waals surface area contributed by atoms with E-state index in [1.54, 1.807) is 0 Å². The van der Waals surface area contributed by atoms with E-state index in [1.165, 1.54) is 0 Å². The fourth-order valence-electron chi connectivity index (χ4n) is 0.828. The molecule has 7 nitrogen and oxygen atoms in total. The molecule has 0 saturated heterocycles. The maximum absolute atomic E-state index is 10.5. The van der Waals surface area contributed by atoms with Crippen molar-refractivity contribution in [2.24, 2.45) is 0 Å². The molecule has 8 heteroatoms. The van der Waals surface area contributed by atoms with Gasteiger partial charge in [-0.05, 0) is 0 Å². The van der Waals surface area contributed by atoms with Crippen molar-refractivity contribution in [1.29, 1.82) is 0 Å². The molecule has 1 N–H and O–H groups in total. The van der Waals surface area contributed by atoms with Crippen LogP contribution in [0.1, 0.15) is 0 Å². The number of phenols is 1. The summed E-state index contributed by atoms with van der Waals surface area (Å²) in [5.41, 5.74) is -0.796. The van der Waals surface area contributed by atoms with Gasteiger partial charge >= 0.3 is 80.2 Å². The second-order valence-electron chi connectivity index (χ2n) is 2.43. The Morgan fingerprint density at radius 2 is 1.93 bits per heavy atom. The molecule has 0 heterocycles. The van der Waals surface area contributed by atoms with Gasteiger partial charge in [0.25, 0.3) is 0 Å². The predicted octanol–water partition coefficient (Wildman–Crippen LogP) is -2.40. The fourth-order valence-corrected chi connectivity index (χ4v) is 1.96. The number of nitro groups is 1. The zero-order valence-corrected chi connectivity index (χ0v) is 8.49. The van der Waals surface area contributed by atoms with Crippen LogP contribution < -0.4 is 12.5 Å². The Labute approximate surface area is 80.8 Å². The van der Waals surface area contributed by atoms with E-state index in [9.17, 15) is 22.0 Å². The fraction of sp³-hybridized carbons (Fsp3) is 0. The zero-order chi connectivity index (χ0) is 10.9. The molecule has 0 aromatic heterocycles. The van der Waals surface area contributed by atoms with Crippen molar-refractivity contribution in [3.05, 3.63) is 28.3 Å². The number of nitro benzene ring substituents is 1. The number of benzene rings is 1. The van der Waals surface area contributed by atoms with Crippen LogP contribution in [0.15, 0.2) is 18.2 Å². The third-order valence-corrected chi connectivity index (χ3v) is 3.38. The van der Waals surface area contributed by atoms with E-state index < -0.39 is 34.9 Å². The second kappa shape index (κ2) is 3.45. The van der Waals surface area contributed by atoms with Gasteiger partial charge in [0.2, 0.25) is 0 Å². The van der Waals surface area contributed by atoms with Gasteiger partial charge in [-0.15, -0.1) is 0 Å². The van der Waals surface area contributed by atoms with Crippen LogP contribution in [0.25, 0.3) is 0 Å². The Balaban J connectivity index is 3.34. The molecular formula is C6H4AsNO6-2. The van der Waals surface area contributed by atoms with Crippen molar-refractivity contribution in [3.63, 3.8) is 0 Å². The van der Waals surface area contributed by atoms with Crippen LogP contribution in [0, 0.1) is 10.1 Å². The molecule has 0 atom stereocenters. The van der Waals surface area contributed by atoms with Crippen molar-refractivity contribution in [3.8, 4) is 5.75 Å². The standard InChI is InChI=1S/C6H6AsNO6/c9-6-2-1-4(7(10,11)12)3-5(6)8(13)14/h1-3,9H,(H2,10,11,12)/p-2. The van der Waals surface area contributed by atoms with Crippen molar-refractivity contribution >= 4 is 24.2 Å². The molecule has 0 aliphatic rings. The average molecular weight is 261 g/mol. The average Bonchev–Trinajstić information content (AvgIpc) is 2.02. The minimum atomic E-state index is -5.63. The quantitative estimate of drug-likeness (QED) is 0.359. The summed E-state index contributed by atoms with van der Waals surface area (Å²) < 4.78 is 31.0. The van der Waals surface area contributed by atoms with Gasteiger partial charge < -0.3 is 0 Å². The molecule has 0 fully saturated rings. The first-order chi connectivity index (χ1) is 6.32. The first-order valence-electron chi connectivity index (χ1n) is 3.32. The van der Waals surface area contributed by atoms with Gasteiger partial charge in [0, 0.05) is 0 Å². The van der Waals surface area contributed by atoms with Crippen molar-refractivity contribution in [1.82, 2.24) is 0 Å². The van der Waals surface area contributed by atoms with E-state index in [0.29, 0.717) is 6.07 Å². The van der Waals surface area contributed by atoms with Gasteiger partial charge in [0.1, 0.15) is 0 Å². The zero-order valence-electron chi connectivity index (χ0n) is 6.61. The summed E-state index contributed by atoms with van der Waals surface area (Å²) in [6, 6.07) is 2.19. The van der Waals surface area contributed by atoms with Crippen molar-refractivity contribution in [2.75, 3.05) is 0 Å². The molecule has 0 amide bonds. The Hall–Kier alpha value is -1.30. The number of hydrogen-bond acceptors (Lipinski definition) is 6. The molecule has 0 aliphatic heterocycles. The predicted molar refractivity (Wildman–Crippen MR) is 40.8 cm³/mol. The molecule has 1 aromatic carbocycles. The van der Waals surface area contributed by atoms with Crippen molar-refractivity contribution in [2.45, 2.75) is 0 Å². The van der Waals surface area contributed by atoms with Gasteiger partial charge in [0.05, 0.1) is 0 Å². The third kappa shape index (κ3) is 2.14. The summed E-state index contributed by atoms with van der Waals surface area (Å²) >= 11 is -5.63. The number of rotatable bonds is 2. The molecular weight excluding hydrogens is 257 g/mol. The summed E-state index contributed by atoms with van der Waals surface area (Å²) in [5, 5.41) is 19.2. The SMILES string of the molecule is O=[N+]([O-])c1cc([As](=O)([O-])[O-])ccc1O. The number of aromatic hydroxyl groups is 1. The summed E-state index contributed by atoms with van der Waals surface area (Å²) in [7, 11) is 0.